The minimum Gasteiger partial charge on any atom is -0.496 e. The van der Waals surface area contributed by atoms with Gasteiger partial charge >= 0.3 is 0 Å². The molecule has 6 heteroatoms. The van der Waals surface area contributed by atoms with E-state index in [9.17, 15) is 9.18 Å². The summed E-state index contributed by atoms with van der Waals surface area (Å²) in [5.41, 5.74) is 1.45. The minimum atomic E-state index is -0.243. The number of methoxy groups -OCH3 is 1. The van der Waals surface area contributed by atoms with Crippen molar-refractivity contribution in [3.8, 4) is 5.75 Å². The average molecular weight is 392 g/mol. The van der Waals surface area contributed by atoms with Crippen molar-refractivity contribution in [3.63, 3.8) is 0 Å². The number of likely N-dealkylation sites (tertiary alicyclic amines) is 1. The Morgan fingerprint density at radius 3 is 2.56 bits per heavy atom. The van der Waals surface area contributed by atoms with Crippen molar-refractivity contribution < 1.29 is 18.7 Å². The molecule has 4 nitrogen and oxygen atoms in total. The molecule has 2 aromatic rings. The lowest BCUT2D eigenvalue weighted by Crippen LogP contribution is -2.39. The lowest BCUT2D eigenvalue weighted by molar-refractivity contribution is 0.0476. The number of hydrogen-bond acceptors (Lipinski definition) is 3. The van der Waals surface area contributed by atoms with Crippen LogP contribution >= 0.6 is 11.6 Å². The van der Waals surface area contributed by atoms with Gasteiger partial charge in [0.15, 0.2) is 0 Å². The molecule has 0 radical (unpaired) electrons. The maximum absolute atomic E-state index is 12.9. The number of rotatable bonds is 6. The second-order valence-electron chi connectivity index (χ2n) is 6.72. The molecule has 1 aliphatic rings. The summed E-state index contributed by atoms with van der Waals surface area (Å²) >= 11 is 6.03. The van der Waals surface area contributed by atoms with Gasteiger partial charge in [0.2, 0.25) is 0 Å². The Morgan fingerprint density at radius 1 is 1.19 bits per heavy atom. The zero-order valence-corrected chi connectivity index (χ0v) is 16.0. The summed E-state index contributed by atoms with van der Waals surface area (Å²) < 4.78 is 24.0. The summed E-state index contributed by atoms with van der Waals surface area (Å²) in [7, 11) is 1.55. The van der Waals surface area contributed by atoms with E-state index in [4.69, 9.17) is 21.1 Å². The molecule has 0 N–H and O–H groups in total. The standard InChI is InChI=1S/C21H23ClFNO3/c1-26-20-7-4-17(22)12-19(20)21(25)24-10-8-16(9-11-24)14-27-13-15-2-5-18(23)6-3-15/h2-7,12,16H,8-11,13-14H2,1H3. The molecule has 1 saturated heterocycles. The van der Waals surface area contributed by atoms with Crippen molar-refractivity contribution in [2.75, 3.05) is 26.8 Å². The first-order chi connectivity index (χ1) is 13.1. The summed E-state index contributed by atoms with van der Waals surface area (Å²) in [4.78, 5) is 14.6. The number of amides is 1. The van der Waals surface area contributed by atoms with Crippen LogP contribution in [-0.2, 0) is 11.3 Å². The fraction of sp³-hybridized carbons (Fsp3) is 0.381. The van der Waals surface area contributed by atoms with E-state index < -0.39 is 0 Å². The Kier molecular flexibility index (Phi) is 6.69. The van der Waals surface area contributed by atoms with Crippen molar-refractivity contribution in [1.82, 2.24) is 4.90 Å². The number of carbonyl (C=O) groups excluding carboxylic acids is 1. The van der Waals surface area contributed by atoms with E-state index >= 15 is 0 Å². The van der Waals surface area contributed by atoms with Gasteiger partial charge < -0.3 is 14.4 Å². The van der Waals surface area contributed by atoms with Gasteiger partial charge in [-0.3, -0.25) is 4.79 Å². The van der Waals surface area contributed by atoms with Crippen molar-refractivity contribution in [2.45, 2.75) is 19.4 Å². The predicted octanol–water partition coefficient (Wildman–Crippen LogP) is 4.56. The summed E-state index contributed by atoms with van der Waals surface area (Å²) in [6.07, 6.45) is 1.77. The van der Waals surface area contributed by atoms with Crippen LogP contribution in [0.3, 0.4) is 0 Å². The maximum atomic E-state index is 12.9. The predicted molar refractivity (Wildman–Crippen MR) is 103 cm³/mol. The van der Waals surface area contributed by atoms with Gasteiger partial charge in [0.05, 0.1) is 19.3 Å². The van der Waals surface area contributed by atoms with Crippen LogP contribution in [-0.4, -0.2) is 37.6 Å². The molecule has 0 aromatic heterocycles. The van der Waals surface area contributed by atoms with E-state index in [1.807, 2.05) is 4.90 Å². The largest absolute Gasteiger partial charge is 0.496 e. The molecule has 27 heavy (non-hydrogen) atoms. The Bertz CT molecular complexity index is 773. The lowest BCUT2D eigenvalue weighted by Gasteiger charge is -2.32. The topological polar surface area (TPSA) is 38.8 Å². The van der Waals surface area contributed by atoms with Crippen LogP contribution in [0.2, 0.25) is 5.02 Å². The van der Waals surface area contributed by atoms with Gasteiger partial charge in [0.25, 0.3) is 5.91 Å². The zero-order chi connectivity index (χ0) is 19.2. The van der Waals surface area contributed by atoms with Gasteiger partial charge in [0, 0.05) is 24.7 Å². The Balaban J connectivity index is 1.48. The number of benzene rings is 2. The first kappa shape index (κ1) is 19.6. The molecule has 2 aromatic carbocycles. The number of piperidine rings is 1. The van der Waals surface area contributed by atoms with Crippen LogP contribution in [0.4, 0.5) is 4.39 Å². The van der Waals surface area contributed by atoms with E-state index in [2.05, 4.69) is 0 Å². The molecule has 144 valence electrons. The highest BCUT2D eigenvalue weighted by Gasteiger charge is 2.25. The highest BCUT2D eigenvalue weighted by Crippen LogP contribution is 2.26. The van der Waals surface area contributed by atoms with E-state index in [1.165, 1.54) is 12.1 Å². The zero-order valence-electron chi connectivity index (χ0n) is 15.3. The number of ether oxygens (including phenoxy) is 2. The van der Waals surface area contributed by atoms with Crippen molar-refractivity contribution in [1.29, 1.82) is 0 Å². The van der Waals surface area contributed by atoms with Crippen molar-refractivity contribution >= 4 is 17.5 Å². The average Bonchev–Trinajstić information content (AvgIpc) is 2.69. The van der Waals surface area contributed by atoms with E-state index in [0.29, 0.717) is 48.6 Å². The second kappa shape index (κ2) is 9.20. The maximum Gasteiger partial charge on any atom is 0.257 e. The first-order valence-corrected chi connectivity index (χ1v) is 9.39. The number of halogens is 2. The van der Waals surface area contributed by atoms with Gasteiger partial charge in [-0.15, -0.1) is 0 Å². The van der Waals surface area contributed by atoms with E-state index in [0.717, 1.165) is 18.4 Å². The molecule has 0 unspecified atom stereocenters. The fourth-order valence-electron chi connectivity index (χ4n) is 3.24. The second-order valence-corrected chi connectivity index (χ2v) is 7.16. The SMILES string of the molecule is COc1ccc(Cl)cc1C(=O)N1CCC(COCc2ccc(F)cc2)CC1. The molecule has 0 bridgehead atoms. The van der Waals surface area contributed by atoms with Gasteiger partial charge in [-0.2, -0.15) is 0 Å². The first-order valence-electron chi connectivity index (χ1n) is 9.02. The summed E-state index contributed by atoms with van der Waals surface area (Å²) in [5.74, 6) is 0.650. The van der Waals surface area contributed by atoms with Crippen LogP contribution in [0, 0.1) is 11.7 Å². The quantitative estimate of drug-likeness (QED) is 0.724. The molecule has 3 rings (SSSR count). The molecule has 0 saturated carbocycles. The highest BCUT2D eigenvalue weighted by atomic mass is 35.5. The number of carbonyl (C=O) groups is 1. The third-order valence-electron chi connectivity index (χ3n) is 4.83. The normalized spacial score (nSPS) is 15.0. The Morgan fingerprint density at radius 2 is 1.89 bits per heavy atom. The summed E-state index contributed by atoms with van der Waals surface area (Å²) in [5, 5.41) is 0.517. The van der Waals surface area contributed by atoms with Gasteiger partial charge in [0.1, 0.15) is 11.6 Å². The van der Waals surface area contributed by atoms with Crippen LogP contribution in [0.5, 0.6) is 5.75 Å². The monoisotopic (exact) mass is 391 g/mol. The van der Waals surface area contributed by atoms with E-state index in [1.54, 1.807) is 37.4 Å². The van der Waals surface area contributed by atoms with Gasteiger partial charge in [-0.1, -0.05) is 23.7 Å². The fourth-order valence-corrected chi connectivity index (χ4v) is 3.42. The molecular weight excluding hydrogens is 369 g/mol. The van der Waals surface area contributed by atoms with Crippen molar-refractivity contribution in [3.05, 3.63) is 64.4 Å². The molecule has 1 heterocycles. The molecule has 1 aliphatic heterocycles. The van der Waals surface area contributed by atoms with Crippen LogP contribution in [0.1, 0.15) is 28.8 Å². The van der Waals surface area contributed by atoms with Gasteiger partial charge in [-0.25, -0.2) is 4.39 Å². The molecule has 0 atom stereocenters. The van der Waals surface area contributed by atoms with Crippen LogP contribution < -0.4 is 4.74 Å². The number of nitrogens with zero attached hydrogens (tertiary/aromatic N) is 1. The smallest absolute Gasteiger partial charge is 0.257 e. The molecule has 0 spiro atoms. The third-order valence-corrected chi connectivity index (χ3v) is 5.06. The minimum absolute atomic E-state index is 0.0555. The third kappa shape index (κ3) is 5.21. The Hall–Kier alpha value is -2.11. The summed E-state index contributed by atoms with van der Waals surface area (Å²) in [6.45, 7) is 2.47. The molecule has 1 amide bonds. The van der Waals surface area contributed by atoms with E-state index in [-0.39, 0.29) is 11.7 Å². The molecular formula is C21H23ClFNO3. The van der Waals surface area contributed by atoms with Crippen LogP contribution in [0.15, 0.2) is 42.5 Å². The Labute approximate surface area is 163 Å². The molecule has 0 aliphatic carbocycles. The van der Waals surface area contributed by atoms with Crippen molar-refractivity contribution in [2.24, 2.45) is 5.92 Å². The lowest BCUT2D eigenvalue weighted by atomic mass is 9.97. The van der Waals surface area contributed by atoms with Crippen LogP contribution in [0.25, 0.3) is 0 Å². The number of hydrogen-bond donors (Lipinski definition) is 0. The van der Waals surface area contributed by atoms with Gasteiger partial charge in [-0.05, 0) is 54.7 Å². The molecule has 1 fully saturated rings. The summed E-state index contributed by atoms with van der Waals surface area (Å²) in [6, 6.07) is 11.4. The highest BCUT2D eigenvalue weighted by molar-refractivity contribution is 6.31.